The van der Waals surface area contributed by atoms with Crippen molar-refractivity contribution in [2.24, 2.45) is 0 Å². The molecule has 0 fully saturated rings. The van der Waals surface area contributed by atoms with Crippen LogP contribution in [-0.2, 0) is 9.53 Å². The Morgan fingerprint density at radius 1 is 1.35 bits per heavy atom. The summed E-state index contributed by atoms with van der Waals surface area (Å²) in [4.78, 5) is 24.6. The summed E-state index contributed by atoms with van der Waals surface area (Å²) in [6.07, 6.45) is 1.59. The quantitative estimate of drug-likeness (QED) is 0.619. The highest BCUT2D eigenvalue weighted by Gasteiger charge is 2.13. The van der Waals surface area contributed by atoms with Crippen molar-refractivity contribution in [3.8, 4) is 11.4 Å². The first-order valence-corrected chi connectivity index (χ1v) is 5.84. The standard InChI is InChI=1S/C13H13FN4O2/c1-18(8-12(19)20-2)13-16-10(7-11(14)17-13)9-5-3-4-6-15-9/h3-7H,8H2,1-2H3. The summed E-state index contributed by atoms with van der Waals surface area (Å²) in [5.41, 5.74) is 0.881. The Morgan fingerprint density at radius 3 is 2.80 bits per heavy atom. The summed E-state index contributed by atoms with van der Waals surface area (Å²) >= 11 is 0. The van der Waals surface area contributed by atoms with Gasteiger partial charge in [-0.05, 0) is 12.1 Å². The Bertz CT molecular complexity index is 607. The SMILES string of the molecule is COC(=O)CN(C)c1nc(F)cc(-c2ccccn2)n1. The lowest BCUT2D eigenvalue weighted by Gasteiger charge is -2.15. The third-order valence-electron chi connectivity index (χ3n) is 2.55. The molecule has 0 bridgehead atoms. The lowest BCUT2D eigenvalue weighted by Crippen LogP contribution is -2.28. The second kappa shape index (κ2) is 6.05. The van der Waals surface area contributed by atoms with E-state index in [0.717, 1.165) is 0 Å². The fourth-order valence-corrected chi connectivity index (χ4v) is 1.55. The van der Waals surface area contributed by atoms with Crippen molar-refractivity contribution >= 4 is 11.9 Å². The van der Waals surface area contributed by atoms with Crippen LogP contribution in [0.25, 0.3) is 11.4 Å². The third-order valence-corrected chi connectivity index (χ3v) is 2.55. The molecular weight excluding hydrogens is 263 g/mol. The van der Waals surface area contributed by atoms with Crippen LogP contribution in [0.5, 0.6) is 0 Å². The molecule has 0 saturated heterocycles. The number of carbonyl (C=O) groups excluding carboxylic acids is 1. The second-order valence-electron chi connectivity index (χ2n) is 4.02. The average Bonchev–Trinajstić information content (AvgIpc) is 2.47. The van der Waals surface area contributed by atoms with Crippen LogP contribution < -0.4 is 4.90 Å². The van der Waals surface area contributed by atoms with E-state index in [2.05, 4.69) is 19.7 Å². The topological polar surface area (TPSA) is 68.2 Å². The molecule has 0 saturated carbocycles. The monoisotopic (exact) mass is 276 g/mol. The number of esters is 1. The van der Waals surface area contributed by atoms with E-state index in [1.165, 1.54) is 18.1 Å². The number of carbonyl (C=O) groups is 1. The smallest absolute Gasteiger partial charge is 0.325 e. The highest BCUT2D eigenvalue weighted by molar-refractivity contribution is 5.74. The normalized spacial score (nSPS) is 10.2. The van der Waals surface area contributed by atoms with Crippen molar-refractivity contribution in [1.82, 2.24) is 15.0 Å². The van der Waals surface area contributed by atoms with Crippen molar-refractivity contribution in [2.75, 3.05) is 25.6 Å². The van der Waals surface area contributed by atoms with Gasteiger partial charge in [-0.15, -0.1) is 0 Å². The van der Waals surface area contributed by atoms with Crippen LogP contribution in [-0.4, -0.2) is 41.6 Å². The average molecular weight is 276 g/mol. The Labute approximate surface area is 115 Å². The molecule has 0 unspecified atom stereocenters. The van der Waals surface area contributed by atoms with E-state index < -0.39 is 11.9 Å². The third kappa shape index (κ3) is 3.25. The van der Waals surface area contributed by atoms with E-state index >= 15 is 0 Å². The molecule has 7 heteroatoms. The van der Waals surface area contributed by atoms with Crippen molar-refractivity contribution < 1.29 is 13.9 Å². The van der Waals surface area contributed by atoms with Gasteiger partial charge in [0.15, 0.2) is 0 Å². The molecule has 0 N–H and O–H groups in total. The summed E-state index contributed by atoms with van der Waals surface area (Å²) in [7, 11) is 2.86. The van der Waals surface area contributed by atoms with E-state index in [4.69, 9.17) is 0 Å². The molecule has 2 aromatic heterocycles. The van der Waals surface area contributed by atoms with E-state index in [-0.39, 0.29) is 12.5 Å². The van der Waals surface area contributed by atoms with Crippen molar-refractivity contribution in [1.29, 1.82) is 0 Å². The number of pyridine rings is 1. The van der Waals surface area contributed by atoms with Crippen LogP contribution >= 0.6 is 0 Å². The molecule has 0 aliphatic rings. The molecule has 0 aliphatic heterocycles. The van der Waals surface area contributed by atoms with Crippen LogP contribution in [0.1, 0.15) is 0 Å². The van der Waals surface area contributed by atoms with Gasteiger partial charge in [0.2, 0.25) is 11.9 Å². The molecule has 0 atom stereocenters. The van der Waals surface area contributed by atoms with Gasteiger partial charge in [-0.25, -0.2) is 4.98 Å². The summed E-state index contributed by atoms with van der Waals surface area (Å²) in [6.45, 7) is -0.0678. The van der Waals surface area contributed by atoms with Gasteiger partial charge in [0.05, 0.1) is 18.5 Å². The lowest BCUT2D eigenvalue weighted by atomic mass is 10.2. The maximum absolute atomic E-state index is 13.6. The Morgan fingerprint density at radius 2 is 2.15 bits per heavy atom. The Hall–Kier alpha value is -2.57. The van der Waals surface area contributed by atoms with E-state index in [0.29, 0.717) is 11.4 Å². The summed E-state index contributed by atoms with van der Waals surface area (Å²) in [5, 5.41) is 0. The van der Waals surface area contributed by atoms with Crippen LogP contribution in [0.2, 0.25) is 0 Å². The van der Waals surface area contributed by atoms with Crippen molar-refractivity contribution in [3.63, 3.8) is 0 Å². The second-order valence-corrected chi connectivity index (χ2v) is 4.02. The van der Waals surface area contributed by atoms with Gasteiger partial charge >= 0.3 is 5.97 Å². The molecule has 2 heterocycles. The molecule has 0 spiro atoms. The lowest BCUT2D eigenvalue weighted by molar-refractivity contribution is -0.138. The summed E-state index contributed by atoms with van der Waals surface area (Å²) in [6, 6.07) is 6.44. The summed E-state index contributed by atoms with van der Waals surface area (Å²) < 4.78 is 18.1. The first kappa shape index (κ1) is 13.9. The van der Waals surface area contributed by atoms with Gasteiger partial charge in [0.25, 0.3) is 0 Å². The maximum Gasteiger partial charge on any atom is 0.325 e. The predicted octanol–water partition coefficient (Wildman–Crippen LogP) is 1.29. The zero-order valence-corrected chi connectivity index (χ0v) is 11.1. The predicted molar refractivity (Wildman–Crippen MR) is 70.5 cm³/mol. The number of hydrogen-bond donors (Lipinski definition) is 0. The zero-order valence-electron chi connectivity index (χ0n) is 11.1. The Kier molecular flexibility index (Phi) is 4.19. The number of methoxy groups -OCH3 is 1. The van der Waals surface area contributed by atoms with Gasteiger partial charge < -0.3 is 9.64 Å². The molecule has 2 aromatic rings. The van der Waals surface area contributed by atoms with Crippen LogP contribution in [0.15, 0.2) is 30.5 Å². The van der Waals surface area contributed by atoms with E-state index in [9.17, 15) is 9.18 Å². The van der Waals surface area contributed by atoms with E-state index in [1.54, 1.807) is 31.4 Å². The van der Waals surface area contributed by atoms with Gasteiger partial charge in [-0.2, -0.15) is 9.37 Å². The number of ether oxygens (including phenoxy) is 1. The van der Waals surface area contributed by atoms with Crippen LogP contribution in [0, 0.1) is 5.95 Å². The van der Waals surface area contributed by atoms with Crippen LogP contribution in [0.4, 0.5) is 10.3 Å². The number of rotatable bonds is 4. The largest absolute Gasteiger partial charge is 0.468 e. The summed E-state index contributed by atoms with van der Waals surface area (Å²) in [5.74, 6) is -1.05. The molecule has 6 nitrogen and oxygen atoms in total. The number of nitrogens with zero attached hydrogens (tertiary/aromatic N) is 4. The fraction of sp³-hybridized carbons (Fsp3) is 0.231. The zero-order chi connectivity index (χ0) is 14.5. The van der Waals surface area contributed by atoms with Gasteiger partial charge in [0, 0.05) is 19.3 Å². The molecule has 0 aliphatic carbocycles. The minimum absolute atomic E-state index is 0.0678. The maximum atomic E-state index is 13.6. The highest BCUT2D eigenvalue weighted by atomic mass is 19.1. The number of aromatic nitrogens is 3. The van der Waals surface area contributed by atoms with Crippen molar-refractivity contribution in [3.05, 3.63) is 36.4 Å². The van der Waals surface area contributed by atoms with E-state index in [1.807, 2.05) is 0 Å². The van der Waals surface area contributed by atoms with Gasteiger partial charge in [0.1, 0.15) is 6.54 Å². The Balaban J connectivity index is 2.32. The molecule has 0 amide bonds. The molecule has 0 radical (unpaired) electrons. The molecular formula is C13H13FN4O2. The number of likely N-dealkylation sites (N-methyl/N-ethyl adjacent to an activating group) is 1. The molecule has 2 rings (SSSR count). The van der Waals surface area contributed by atoms with Gasteiger partial charge in [-0.1, -0.05) is 6.07 Å². The molecule has 104 valence electrons. The van der Waals surface area contributed by atoms with Crippen LogP contribution in [0.3, 0.4) is 0 Å². The van der Waals surface area contributed by atoms with Gasteiger partial charge in [-0.3, -0.25) is 9.78 Å². The van der Waals surface area contributed by atoms with Crippen molar-refractivity contribution in [2.45, 2.75) is 0 Å². The molecule has 0 aromatic carbocycles. The molecule has 20 heavy (non-hydrogen) atoms. The first-order valence-electron chi connectivity index (χ1n) is 5.84. The minimum Gasteiger partial charge on any atom is -0.468 e. The first-order chi connectivity index (χ1) is 9.60. The highest BCUT2D eigenvalue weighted by Crippen LogP contribution is 2.17. The minimum atomic E-state index is -0.688. The fourth-order valence-electron chi connectivity index (χ4n) is 1.55. The number of halogens is 1. The number of anilines is 1. The number of hydrogen-bond acceptors (Lipinski definition) is 6.